The molecule has 0 rings (SSSR count). The van der Waals surface area contributed by atoms with Gasteiger partial charge < -0.3 is 20.8 Å². The second-order valence-corrected chi connectivity index (χ2v) is 6.97. The molecule has 10 heteroatoms. The molecule has 2 amide bonds. The average Bonchev–Trinajstić information content (AvgIpc) is 2.23. The first-order chi connectivity index (χ1) is 9.51. The van der Waals surface area contributed by atoms with Crippen LogP contribution in [0.2, 0.25) is 0 Å². The molecule has 1 unspecified atom stereocenters. The smallest absolute Gasteiger partial charge is 0.326 e. The Hall–Kier alpha value is -1.84. The van der Waals surface area contributed by atoms with Gasteiger partial charge in [-0.1, -0.05) is 0 Å². The predicted molar refractivity (Wildman–Crippen MR) is 73.8 cm³/mol. The Morgan fingerprint density at radius 1 is 1.14 bits per heavy atom. The first-order valence-electron chi connectivity index (χ1n) is 6.20. The minimum atomic E-state index is -3.26. The van der Waals surface area contributed by atoms with Crippen LogP contribution < -0.4 is 10.6 Å². The van der Waals surface area contributed by atoms with Crippen molar-refractivity contribution < 1.29 is 33.0 Å². The standard InChI is InChI=1S/C11H20N2O7S/c1-7(6-21(2,19)20)12-11(18)13-8(10(16)17)4-3-5-9(14)15/h7-8H,3-6H2,1-2H3,(H,14,15)(H,16,17)(H2,12,13,18)/t7?,8-/m1/s1. The lowest BCUT2D eigenvalue weighted by molar-refractivity contribution is -0.140. The third-order valence-electron chi connectivity index (χ3n) is 2.42. The Morgan fingerprint density at radius 3 is 2.14 bits per heavy atom. The Morgan fingerprint density at radius 2 is 1.71 bits per heavy atom. The van der Waals surface area contributed by atoms with Crippen molar-refractivity contribution in [3.05, 3.63) is 0 Å². The number of amides is 2. The Labute approximate surface area is 122 Å². The van der Waals surface area contributed by atoms with E-state index in [0.717, 1.165) is 6.26 Å². The van der Waals surface area contributed by atoms with E-state index >= 15 is 0 Å². The third kappa shape index (κ3) is 10.6. The molecule has 0 fully saturated rings. The minimum absolute atomic E-state index is 0.0322. The molecule has 0 bridgehead atoms. The van der Waals surface area contributed by atoms with Crippen LogP contribution in [0, 0.1) is 0 Å². The topological polar surface area (TPSA) is 150 Å². The summed E-state index contributed by atoms with van der Waals surface area (Å²) in [6, 6.07) is -2.71. The quantitative estimate of drug-likeness (QED) is 0.443. The highest BCUT2D eigenvalue weighted by Gasteiger charge is 2.21. The first kappa shape index (κ1) is 19.2. The molecular formula is C11H20N2O7S. The highest BCUT2D eigenvalue weighted by atomic mass is 32.2. The van der Waals surface area contributed by atoms with Crippen LogP contribution in [-0.2, 0) is 19.4 Å². The number of carboxylic acid groups (broad SMARTS) is 2. The van der Waals surface area contributed by atoms with Crippen LogP contribution in [0.1, 0.15) is 26.2 Å². The third-order valence-corrected chi connectivity index (χ3v) is 3.52. The number of rotatable bonds is 9. The lowest BCUT2D eigenvalue weighted by Gasteiger charge is -2.17. The van der Waals surface area contributed by atoms with Gasteiger partial charge in [0.25, 0.3) is 0 Å². The van der Waals surface area contributed by atoms with E-state index in [2.05, 4.69) is 10.6 Å². The van der Waals surface area contributed by atoms with E-state index < -0.39 is 39.9 Å². The molecule has 0 radical (unpaired) electrons. The lowest BCUT2D eigenvalue weighted by Crippen LogP contribution is -2.49. The lowest BCUT2D eigenvalue weighted by atomic mass is 10.1. The van der Waals surface area contributed by atoms with Crippen molar-refractivity contribution in [2.75, 3.05) is 12.0 Å². The van der Waals surface area contributed by atoms with Crippen LogP contribution in [0.5, 0.6) is 0 Å². The Balaban J connectivity index is 4.35. The van der Waals surface area contributed by atoms with Gasteiger partial charge in [0.1, 0.15) is 15.9 Å². The summed E-state index contributed by atoms with van der Waals surface area (Å²) in [5.41, 5.74) is 0. The molecule has 0 saturated heterocycles. The second-order valence-electron chi connectivity index (χ2n) is 4.79. The molecule has 9 nitrogen and oxygen atoms in total. The molecule has 0 aromatic heterocycles. The summed E-state index contributed by atoms with van der Waals surface area (Å²) in [6.07, 6.45) is 0.896. The van der Waals surface area contributed by atoms with E-state index in [4.69, 9.17) is 10.2 Å². The van der Waals surface area contributed by atoms with Crippen LogP contribution in [0.25, 0.3) is 0 Å². The summed E-state index contributed by atoms with van der Waals surface area (Å²) in [5.74, 6) is -2.60. The van der Waals surface area contributed by atoms with Crippen molar-refractivity contribution in [1.82, 2.24) is 10.6 Å². The molecule has 0 aromatic rings. The molecule has 0 aromatic carbocycles. The molecule has 0 aliphatic carbocycles. The van der Waals surface area contributed by atoms with Gasteiger partial charge >= 0.3 is 18.0 Å². The normalized spacial score (nSPS) is 14.0. The number of carbonyl (C=O) groups is 3. The zero-order valence-electron chi connectivity index (χ0n) is 11.8. The molecular weight excluding hydrogens is 304 g/mol. The summed E-state index contributed by atoms with van der Waals surface area (Å²) in [5, 5.41) is 21.9. The molecule has 122 valence electrons. The SMILES string of the molecule is CC(CS(C)(=O)=O)NC(=O)N[C@H](CCCC(=O)O)C(=O)O. The van der Waals surface area contributed by atoms with Crippen molar-refractivity contribution in [2.45, 2.75) is 38.3 Å². The summed E-state index contributed by atoms with van der Waals surface area (Å²) in [4.78, 5) is 32.8. The van der Waals surface area contributed by atoms with Crippen LogP contribution in [0.3, 0.4) is 0 Å². The first-order valence-corrected chi connectivity index (χ1v) is 8.26. The van der Waals surface area contributed by atoms with Gasteiger partial charge in [-0.05, 0) is 19.8 Å². The van der Waals surface area contributed by atoms with Crippen molar-refractivity contribution in [2.24, 2.45) is 0 Å². The number of aliphatic carboxylic acids is 2. The number of hydrogen-bond donors (Lipinski definition) is 4. The van der Waals surface area contributed by atoms with Gasteiger partial charge in [-0.25, -0.2) is 18.0 Å². The van der Waals surface area contributed by atoms with Crippen molar-refractivity contribution >= 4 is 27.8 Å². The molecule has 0 aliphatic heterocycles. The van der Waals surface area contributed by atoms with E-state index in [1.807, 2.05) is 0 Å². The predicted octanol–water partition coefficient (Wildman–Crippen LogP) is -0.573. The summed E-state index contributed by atoms with van der Waals surface area (Å²) in [6.45, 7) is 1.47. The van der Waals surface area contributed by atoms with Gasteiger partial charge in [0.2, 0.25) is 0 Å². The zero-order valence-corrected chi connectivity index (χ0v) is 12.6. The molecule has 21 heavy (non-hydrogen) atoms. The van der Waals surface area contributed by atoms with Crippen LogP contribution >= 0.6 is 0 Å². The Kier molecular flexibility index (Phi) is 7.71. The molecule has 0 heterocycles. The van der Waals surface area contributed by atoms with Crippen molar-refractivity contribution in [3.63, 3.8) is 0 Å². The number of sulfone groups is 1. The van der Waals surface area contributed by atoms with E-state index in [0.29, 0.717) is 0 Å². The minimum Gasteiger partial charge on any atom is -0.481 e. The van der Waals surface area contributed by atoms with E-state index in [9.17, 15) is 22.8 Å². The Bertz CT molecular complexity index is 489. The monoisotopic (exact) mass is 324 g/mol. The van der Waals surface area contributed by atoms with Gasteiger partial charge in [0, 0.05) is 18.7 Å². The fraction of sp³-hybridized carbons (Fsp3) is 0.727. The summed E-state index contributed by atoms with van der Waals surface area (Å²) < 4.78 is 22.1. The number of hydrogen-bond acceptors (Lipinski definition) is 5. The average molecular weight is 324 g/mol. The molecule has 0 aliphatic rings. The van der Waals surface area contributed by atoms with E-state index in [1.165, 1.54) is 6.92 Å². The van der Waals surface area contributed by atoms with Crippen molar-refractivity contribution in [3.8, 4) is 0 Å². The van der Waals surface area contributed by atoms with Crippen LogP contribution in [0.15, 0.2) is 0 Å². The molecule has 0 saturated carbocycles. The maximum absolute atomic E-state index is 11.6. The number of carbonyl (C=O) groups excluding carboxylic acids is 1. The molecule has 4 N–H and O–H groups in total. The van der Waals surface area contributed by atoms with Gasteiger partial charge in [0.15, 0.2) is 0 Å². The molecule has 2 atom stereocenters. The summed E-state index contributed by atoms with van der Waals surface area (Å²) >= 11 is 0. The number of carboxylic acids is 2. The molecule has 0 spiro atoms. The number of urea groups is 1. The maximum Gasteiger partial charge on any atom is 0.326 e. The summed E-state index contributed by atoms with van der Waals surface area (Å²) in [7, 11) is -3.26. The van der Waals surface area contributed by atoms with Gasteiger partial charge in [-0.15, -0.1) is 0 Å². The van der Waals surface area contributed by atoms with Crippen LogP contribution in [0.4, 0.5) is 4.79 Å². The second kappa shape index (κ2) is 8.45. The maximum atomic E-state index is 11.6. The zero-order chi connectivity index (χ0) is 16.6. The van der Waals surface area contributed by atoms with Crippen molar-refractivity contribution in [1.29, 1.82) is 0 Å². The number of nitrogens with one attached hydrogen (secondary N) is 2. The van der Waals surface area contributed by atoms with Gasteiger partial charge in [-0.2, -0.15) is 0 Å². The van der Waals surface area contributed by atoms with E-state index in [-0.39, 0.29) is 25.0 Å². The highest BCUT2D eigenvalue weighted by Crippen LogP contribution is 2.02. The fourth-order valence-electron chi connectivity index (χ4n) is 1.63. The highest BCUT2D eigenvalue weighted by molar-refractivity contribution is 7.90. The van der Waals surface area contributed by atoms with Gasteiger partial charge in [0.05, 0.1) is 5.75 Å². The largest absolute Gasteiger partial charge is 0.481 e. The van der Waals surface area contributed by atoms with E-state index in [1.54, 1.807) is 0 Å². The van der Waals surface area contributed by atoms with Gasteiger partial charge in [-0.3, -0.25) is 4.79 Å². The van der Waals surface area contributed by atoms with Crippen LogP contribution in [-0.4, -0.2) is 60.7 Å². The fourth-order valence-corrected chi connectivity index (χ4v) is 2.63.